The molecule has 1 saturated heterocycles. The van der Waals surface area contributed by atoms with E-state index in [1.165, 1.54) is 12.1 Å². The molecule has 1 fully saturated rings. The highest BCUT2D eigenvalue weighted by molar-refractivity contribution is 6.03. The fourth-order valence-electron chi connectivity index (χ4n) is 3.41. The van der Waals surface area contributed by atoms with E-state index >= 15 is 0 Å². The van der Waals surface area contributed by atoms with Crippen molar-refractivity contribution in [1.82, 2.24) is 15.2 Å². The van der Waals surface area contributed by atoms with Crippen LogP contribution in [0.3, 0.4) is 0 Å². The van der Waals surface area contributed by atoms with E-state index in [1.807, 2.05) is 0 Å². The van der Waals surface area contributed by atoms with Gasteiger partial charge in [0, 0.05) is 25.2 Å². The van der Waals surface area contributed by atoms with E-state index in [-0.39, 0.29) is 12.5 Å². The molecule has 0 spiro atoms. The molecule has 4 rings (SSSR count). The highest BCUT2D eigenvalue weighted by Gasteiger charge is 2.21. The minimum Gasteiger partial charge on any atom is -0.378 e. The van der Waals surface area contributed by atoms with E-state index in [2.05, 4.69) is 15.6 Å². The number of anilines is 1. The second-order valence-electron chi connectivity index (χ2n) is 7.11. The molecular weight excluding hydrogens is 403 g/mol. The molecule has 2 aromatic carbocycles. The number of pyridine rings is 1. The number of morpholine rings is 1. The number of carbonyl (C=O) groups is 2. The number of rotatable bonds is 4. The third-order valence-electron chi connectivity index (χ3n) is 5.03. The zero-order valence-corrected chi connectivity index (χ0v) is 16.6. The van der Waals surface area contributed by atoms with Crippen LogP contribution in [-0.2, 0) is 11.3 Å². The lowest BCUT2D eigenvalue weighted by Crippen LogP contribution is -2.41. The Kier molecular flexibility index (Phi) is 5.94. The van der Waals surface area contributed by atoms with Crippen molar-refractivity contribution >= 4 is 28.5 Å². The summed E-state index contributed by atoms with van der Waals surface area (Å²) in [6.45, 7) is 1.92. The molecular formula is C22H21FN4O4. The van der Waals surface area contributed by atoms with Gasteiger partial charge >= 0.3 is 6.03 Å². The molecule has 160 valence electrons. The predicted octanol–water partition coefficient (Wildman–Crippen LogP) is 2.46. The summed E-state index contributed by atoms with van der Waals surface area (Å²) < 4.78 is 18.6. The van der Waals surface area contributed by atoms with Crippen LogP contribution in [0.15, 0.2) is 53.3 Å². The number of benzene rings is 2. The Labute approximate surface area is 177 Å². The monoisotopic (exact) mass is 424 g/mol. The molecule has 31 heavy (non-hydrogen) atoms. The maximum atomic E-state index is 13.3. The quantitative estimate of drug-likeness (QED) is 0.599. The minimum absolute atomic E-state index is 0.0337. The zero-order chi connectivity index (χ0) is 21.8. The number of H-pyrrole nitrogens is 1. The van der Waals surface area contributed by atoms with Gasteiger partial charge in [0.1, 0.15) is 5.82 Å². The van der Waals surface area contributed by atoms with Crippen LogP contribution in [0, 0.1) is 5.82 Å². The summed E-state index contributed by atoms with van der Waals surface area (Å²) in [5.74, 6) is -0.629. The molecule has 0 unspecified atom stereocenters. The molecule has 3 amide bonds. The van der Waals surface area contributed by atoms with Crippen molar-refractivity contribution in [3.8, 4) is 0 Å². The second-order valence-corrected chi connectivity index (χ2v) is 7.11. The molecule has 1 aliphatic heterocycles. The van der Waals surface area contributed by atoms with Crippen molar-refractivity contribution in [2.45, 2.75) is 6.54 Å². The first-order valence-corrected chi connectivity index (χ1v) is 9.83. The molecule has 9 heteroatoms. The Morgan fingerprint density at radius 1 is 1.10 bits per heavy atom. The van der Waals surface area contributed by atoms with Gasteiger partial charge in [-0.15, -0.1) is 0 Å². The molecule has 0 bridgehead atoms. The van der Waals surface area contributed by atoms with E-state index in [4.69, 9.17) is 4.74 Å². The number of carbonyl (C=O) groups excluding carboxylic acids is 2. The number of hydrogen-bond donors (Lipinski definition) is 3. The Hall–Kier alpha value is -3.72. The van der Waals surface area contributed by atoms with E-state index < -0.39 is 17.4 Å². The van der Waals surface area contributed by atoms with Crippen molar-refractivity contribution in [3.05, 3.63) is 75.8 Å². The van der Waals surface area contributed by atoms with Crippen LogP contribution < -0.4 is 16.2 Å². The topological polar surface area (TPSA) is 104 Å². The number of hydrogen-bond acceptors (Lipinski definition) is 4. The smallest absolute Gasteiger partial charge is 0.319 e. The van der Waals surface area contributed by atoms with Gasteiger partial charge in [0.2, 0.25) is 0 Å². The lowest BCUT2D eigenvalue weighted by Gasteiger charge is -2.27. The number of aromatic nitrogens is 1. The molecule has 1 aromatic heterocycles. The zero-order valence-electron chi connectivity index (χ0n) is 16.6. The Bertz CT molecular complexity index is 1190. The lowest BCUT2D eigenvalue weighted by molar-refractivity contribution is 0.0303. The highest BCUT2D eigenvalue weighted by Crippen LogP contribution is 2.18. The maximum absolute atomic E-state index is 13.3. The van der Waals surface area contributed by atoms with E-state index in [1.54, 1.807) is 41.3 Å². The van der Waals surface area contributed by atoms with Gasteiger partial charge in [0.25, 0.3) is 11.5 Å². The molecule has 0 saturated carbocycles. The van der Waals surface area contributed by atoms with Crippen LogP contribution >= 0.6 is 0 Å². The average Bonchev–Trinajstić information content (AvgIpc) is 2.78. The predicted molar refractivity (Wildman–Crippen MR) is 114 cm³/mol. The molecule has 0 atom stereocenters. The Morgan fingerprint density at radius 2 is 1.87 bits per heavy atom. The number of para-hydroxylation sites is 1. The third kappa shape index (κ3) is 4.72. The lowest BCUT2D eigenvalue weighted by atomic mass is 10.1. The van der Waals surface area contributed by atoms with E-state index in [0.717, 1.165) is 0 Å². The second kappa shape index (κ2) is 8.97. The van der Waals surface area contributed by atoms with Gasteiger partial charge in [0.15, 0.2) is 0 Å². The van der Waals surface area contributed by atoms with E-state index in [0.29, 0.717) is 54.0 Å². The van der Waals surface area contributed by atoms with Crippen molar-refractivity contribution in [2.75, 3.05) is 31.6 Å². The largest absolute Gasteiger partial charge is 0.378 e. The molecule has 2 heterocycles. The van der Waals surface area contributed by atoms with Crippen molar-refractivity contribution in [2.24, 2.45) is 0 Å². The average molecular weight is 424 g/mol. The fraction of sp³-hybridized carbons (Fsp3) is 0.227. The number of urea groups is 1. The Morgan fingerprint density at radius 3 is 2.68 bits per heavy atom. The van der Waals surface area contributed by atoms with Crippen LogP contribution in [-0.4, -0.2) is 48.1 Å². The number of halogens is 1. The Balaban J connectivity index is 1.44. The molecule has 1 aliphatic rings. The normalized spacial score (nSPS) is 13.8. The molecule has 0 aliphatic carbocycles. The summed E-state index contributed by atoms with van der Waals surface area (Å²) in [4.78, 5) is 41.7. The van der Waals surface area contributed by atoms with Crippen molar-refractivity contribution < 1.29 is 18.7 Å². The number of nitrogens with one attached hydrogen (secondary N) is 3. The number of amides is 3. The summed E-state index contributed by atoms with van der Waals surface area (Å²) >= 11 is 0. The van der Waals surface area contributed by atoms with Crippen LogP contribution in [0.25, 0.3) is 10.9 Å². The first-order valence-electron chi connectivity index (χ1n) is 9.83. The van der Waals surface area contributed by atoms with Gasteiger partial charge in [-0.05, 0) is 41.8 Å². The highest BCUT2D eigenvalue weighted by atomic mass is 19.1. The fourth-order valence-corrected chi connectivity index (χ4v) is 3.41. The van der Waals surface area contributed by atoms with Gasteiger partial charge in [-0.1, -0.05) is 12.1 Å². The number of fused-ring (bicyclic) bond motifs is 1. The maximum Gasteiger partial charge on any atom is 0.319 e. The summed E-state index contributed by atoms with van der Waals surface area (Å²) in [7, 11) is 0. The van der Waals surface area contributed by atoms with Gasteiger partial charge in [-0.2, -0.15) is 0 Å². The van der Waals surface area contributed by atoms with Crippen LogP contribution in [0.2, 0.25) is 0 Å². The number of aromatic amines is 1. The van der Waals surface area contributed by atoms with Crippen molar-refractivity contribution in [3.63, 3.8) is 0 Å². The number of nitrogens with zero attached hydrogens (tertiary/aromatic N) is 1. The summed E-state index contributed by atoms with van der Waals surface area (Å²) in [6, 6.07) is 11.9. The SMILES string of the molecule is O=C(NCc1cc2ccc(F)cc2[nH]c1=O)Nc1ccccc1C(=O)N1CCOCC1. The first kappa shape index (κ1) is 20.5. The van der Waals surface area contributed by atoms with Crippen LogP contribution in [0.5, 0.6) is 0 Å². The summed E-state index contributed by atoms with van der Waals surface area (Å²) in [5.41, 5.74) is 1.05. The minimum atomic E-state index is -0.555. The number of ether oxygens (including phenoxy) is 1. The molecule has 3 aromatic rings. The van der Waals surface area contributed by atoms with Gasteiger partial charge < -0.3 is 25.3 Å². The van der Waals surface area contributed by atoms with Gasteiger partial charge in [-0.3, -0.25) is 9.59 Å². The third-order valence-corrected chi connectivity index (χ3v) is 5.03. The van der Waals surface area contributed by atoms with Gasteiger partial charge in [-0.25, -0.2) is 9.18 Å². The first-order chi connectivity index (χ1) is 15.0. The standard InChI is InChI=1S/C22H21FN4O4/c23-16-6-5-14-11-15(20(28)25-19(14)12-16)13-24-22(30)26-18-4-2-1-3-17(18)21(29)27-7-9-31-10-8-27/h1-6,11-12H,7-10,13H2,(H,25,28)(H2,24,26,30). The van der Waals surface area contributed by atoms with E-state index in [9.17, 15) is 18.8 Å². The summed E-state index contributed by atoms with van der Waals surface area (Å²) in [6.07, 6.45) is 0. The molecule has 8 nitrogen and oxygen atoms in total. The van der Waals surface area contributed by atoms with Crippen molar-refractivity contribution in [1.29, 1.82) is 0 Å². The summed E-state index contributed by atoms with van der Waals surface area (Å²) in [5, 5.41) is 5.95. The molecule has 0 radical (unpaired) electrons. The van der Waals surface area contributed by atoms with Gasteiger partial charge in [0.05, 0.1) is 30.0 Å². The van der Waals surface area contributed by atoms with Crippen LogP contribution in [0.4, 0.5) is 14.9 Å². The molecule has 3 N–H and O–H groups in total. The van der Waals surface area contributed by atoms with Crippen LogP contribution in [0.1, 0.15) is 15.9 Å².